The first kappa shape index (κ1) is 13.2. The van der Waals surface area contributed by atoms with E-state index in [-0.39, 0.29) is 5.97 Å². The van der Waals surface area contributed by atoms with E-state index in [0.29, 0.717) is 12.6 Å². The topological polar surface area (TPSA) is 41.6 Å². The number of hydrogen-bond donors (Lipinski definition) is 1. The molecule has 1 unspecified atom stereocenters. The third-order valence-electron chi connectivity index (χ3n) is 2.84. The van der Waals surface area contributed by atoms with Crippen molar-refractivity contribution in [2.75, 3.05) is 32.8 Å². The molecule has 1 heterocycles. The third-order valence-corrected chi connectivity index (χ3v) is 2.84. The molecule has 0 amide bonds. The maximum Gasteiger partial charge on any atom is 0.330 e. The molecule has 0 aromatic rings. The summed E-state index contributed by atoms with van der Waals surface area (Å²) >= 11 is 0. The van der Waals surface area contributed by atoms with Crippen molar-refractivity contribution in [2.24, 2.45) is 0 Å². The summed E-state index contributed by atoms with van der Waals surface area (Å²) in [6.07, 6.45) is 4.61. The second-order valence-electron chi connectivity index (χ2n) is 3.89. The van der Waals surface area contributed by atoms with Crippen molar-refractivity contribution in [2.45, 2.75) is 26.3 Å². The number of likely N-dealkylation sites (N-methyl/N-ethyl adjacent to an activating group) is 1. The molecule has 1 atom stereocenters. The molecule has 0 radical (unpaired) electrons. The van der Waals surface area contributed by atoms with Gasteiger partial charge in [-0.05, 0) is 26.4 Å². The van der Waals surface area contributed by atoms with Gasteiger partial charge in [0.2, 0.25) is 0 Å². The van der Waals surface area contributed by atoms with E-state index in [4.69, 9.17) is 4.74 Å². The first-order chi connectivity index (χ1) is 7.77. The van der Waals surface area contributed by atoms with Crippen molar-refractivity contribution in [1.82, 2.24) is 10.2 Å². The fraction of sp³-hybridized carbons (Fsp3) is 0.750. The van der Waals surface area contributed by atoms with Crippen LogP contribution in [0.5, 0.6) is 0 Å². The average molecular weight is 226 g/mol. The highest BCUT2D eigenvalue weighted by atomic mass is 16.5. The number of nitrogens with zero attached hydrogens (tertiary/aromatic N) is 1. The Morgan fingerprint density at radius 1 is 1.56 bits per heavy atom. The number of hydrogen-bond acceptors (Lipinski definition) is 4. The van der Waals surface area contributed by atoms with Gasteiger partial charge in [0.1, 0.15) is 0 Å². The minimum absolute atomic E-state index is 0.247. The zero-order valence-electron chi connectivity index (χ0n) is 10.2. The molecule has 4 nitrogen and oxygen atoms in total. The van der Waals surface area contributed by atoms with Crippen LogP contribution >= 0.6 is 0 Å². The molecule has 1 N–H and O–H groups in total. The van der Waals surface area contributed by atoms with Gasteiger partial charge in [0, 0.05) is 25.2 Å². The zero-order chi connectivity index (χ0) is 11.8. The van der Waals surface area contributed by atoms with Gasteiger partial charge < -0.3 is 10.1 Å². The monoisotopic (exact) mass is 226 g/mol. The van der Waals surface area contributed by atoms with E-state index >= 15 is 0 Å². The molecule has 0 aromatic heterocycles. The summed E-state index contributed by atoms with van der Waals surface area (Å²) in [4.78, 5) is 13.5. The first-order valence-corrected chi connectivity index (χ1v) is 6.06. The van der Waals surface area contributed by atoms with Crippen molar-refractivity contribution in [1.29, 1.82) is 0 Å². The van der Waals surface area contributed by atoms with E-state index in [1.807, 2.05) is 13.0 Å². The quantitative estimate of drug-likeness (QED) is 0.537. The van der Waals surface area contributed by atoms with Crippen LogP contribution in [0.4, 0.5) is 0 Å². The summed E-state index contributed by atoms with van der Waals surface area (Å²) in [6.45, 7) is 8.39. The lowest BCUT2D eigenvalue weighted by Gasteiger charge is -2.25. The summed E-state index contributed by atoms with van der Waals surface area (Å²) in [7, 11) is 0. The maximum absolute atomic E-state index is 11.1. The molecule has 0 bridgehead atoms. The summed E-state index contributed by atoms with van der Waals surface area (Å²) in [5, 5.41) is 3.35. The highest BCUT2D eigenvalue weighted by Gasteiger charge is 2.19. The molecule has 1 aliphatic heterocycles. The Kier molecular flexibility index (Phi) is 6.11. The van der Waals surface area contributed by atoms with Crippen LogP contribution in [0.15, 0.2) is 12.2 Å². The van der Waals surface area contributed by atoms with E-state index in [9.17, 15) is 4.79 Å². The molecule has 1 aliphatic rings. The molecule has 4 heteroatoms. The van der Waals surface area contributed by atoms with Gasteiger partial charge in [0.15, 0.2) is 0 Å². The highest BCUT2D eigenvalue weighted by Crippen LogP contribution is 2.07. The van der Waals surface area contributed by atoms with E-state index in [2.05, 4.69) is 17.1 Å². The third kappa shape index (κ3) is 4.33. The standard InChI is InChI=1S/C12H22N2O2/c1-3-14(11-7-8-13-10-11)9-5-6-12(15)16-4-2/h5-6,11,13H,3-4,7-10H2,1-2H3/b6-5+. The predicted molar refractivity (Wildman–Crippen MR) is 64.3 cm³/mol. The van der Waals surface area contributed by atoms with E-state index in [0.717, 1.165) is 26.2 Å². The smallest absolute Gasteiger partial charge is 0.330 e. The Bertz CT molecular complexity index is 235. The predicted octanol–water partition coefficient (Wildman–Crippen LogP) is 0.790. The normalized spacial score (nSPS) is 20.8. The lowest BCUT2D eigenvalue weighted by atomic mass is 10.2. The van der Waals surface area contributed by atoms with E-state index < -0.39 is 0 Å². The van der Waals surface area contributed by atoms with Crippen LogP contribution in [-0.2, 0) is 9.53 Å². The summed E-state index contributed by atoms with van der Waals surface area (Å²) in [5.41, 5.74) is 0. The Morgan fingerprint density at radius 3 is 2.94 bits per heavy atom. The van der Waals surface area contributed by atoms with Gasteiger partial charge in [0.05, 0.1) is 6.61 Å². The number of ether oxygens (including phenoxy) is 1. The molecule has 0 aromatic carbocycles. The highest BCUT2D eigenvalue weighted by molar-refractivity contribution is 5.81. The van der Waals surface area contributed by atoms with Crippen LogP contribution in [-0.4, -0.2) is 49.7 Å². The summed E-state index contributed by atoms with van der Waals surface area (Å²) in [6, 6.07) is 0.608. The Labute approximate surface area is 97.6 Å². The fourth-order valence-corrected chi connectivity index (χ4v) is 1.96. The van der Waals surface area contributed by atoms with Gasteiger partial charge in [0.25, 0.3) is 0 Å². The molecular formula is C12H22N2O2. The van der Waals surface area contributed by atoms with Crippen LogP contribution in [0.3, 0.4) is 0 Å². The number of rotatable bonds is 6. The molecule has 0 saturated carbocycles. The molecule has 1 fully saturated rings. The molecule has 1 rings (SSSR count). The minimum Gasteiger partial charge on any atom is -0.463 e. The Morgan fingerprint density at radius 2 is 2.38 bits per heavy atom. The largest absolute Gasteiger partial charge is 0.463 e. The Balaban J connectivity index is 2.30. The number of carbonyl (C=O) groups excluding carboxylic acids is 1. The van der Waals surface area contributed by atoms with Crippen molar-refractivity contribution in [3.8, 4) is 0 Å². The van der Waals surface area contributed by atoms with E-state index in [1.54, 1.807) is 0 Å². The zero-order valence-corrected chi connectivity index (χ0v) is 10.2. The Hall–Kier alpha value is -0.870. The van der Waals surface area contributed by atoms with Crippen molar-refractivity contribution in [3.63, 3.8) is 0 Å². The van der Waals surface area contributed by atoms with Gasteiger partial charge in [-0.1, -0.05) is 13.0 Å². The van der Waals surface area contributed by atoms with Crippen LogP contribution in [0.2, 0.25) is 0 Å². The molecule has 0 spiro atoms. The van der Waals surface area contributed by atoms with Crippen LogP contribution in [0.25, 0.3) is 0 Å². The van der Waals surface area contributed by atoms with Crippen LogP contribution in [0.1, 0.15) is 20.3 Å². The van der Waals surface area contributed by atoms with Crippen LogP contribution in [0, 0.1) is 0 Å². The van der Waals surface area contributed by atoms with Gasteiger partial charge in [-0.25, -0.2) is 4.79 Å². The number of carbonyl (C=O) groups is 1. The van der Waals surface area contributed by atoms with Gasteiger partial charge in [-0.3, -0.25) is 4.90 Å². The molecule has 0 aliphatic carbocycles. The molecular weight excluding hydrogens is 204 g/mol. The van der Waals surface area contributed by atoms with E-state index in [1.165, 1.54) is 12.5 Å². The summed E-state index contributed by atoms with van der Waals surface area (Å²) < 4.78 is 4.83. The maximum atomic E-state index is 11.1. The lowest BCUT2D eigenvalue weighted by molar-refractivity contribution is -0.137. The first-order valence-electron chi connectivity index (χ1n) is 6.06. The fourth-order valence-electron chi connectivity index (χ4n) is 1.96. The molecule has 1 saturated heterocycles. The van der Waals surface area contributed by atoms with Crippen molar-refractivity contribution < 1.29 is 9.53 Å². The molecule has 16 heavy (non-hydrogen) atoms. The average Bonchev–Trinajstić information content (AvgIpc) is 2.78. The van der Waals surface area contributed by atoms with Crippen LogP contribution < -0.4 is 5.32 Å². The minimum atomic E-state index is -0.247. The summed E-state index contributed by atoms with van der Waals surface area (Å²) in [5.74, 6) is -0.247. The SMILES string of the molecule is CCOC(=O)/C=C/CN(CC)C1CCNC1. The van der Waals surface area contributed by atoms with Gasteiger partial charge >= 0.3 is 5.97 Å². The van der Waals surface area contributed by atoms with Gasteiger partial charge in [-0.2, -0.15) is 0 Å². The number of esters is 1. The lowest BCUT2D eigenvalue weighted by Crippen LogP contribution is -2.36. The molecule has 92 valence electrons. The second-order valence-corrected chi connectivity index (χ2v) is 3.89. The second kappa shape index (κ2) is 7.41. The van der Waals surface area contributed by atoms with Crippen molar-refractivity contribution >= 4 is 5.97 Å². The number of nitrogens with one attached hydrogen (secondary N) is 1. The van der Waals surface area contributed by atoms with Gasteiger partial charge in [-0.15, -0.1) is 0 Å². The van der Waals surface area contributed by atoms with Crippen molar-refractivity contribution in [3.05, 3.63) is 12.2 Å².